The smallest absolute Gasteiger partial charge is 0.251 e. The van der Waals surface area contributed by atoms with Crippen LogP contribution in [-0.4, -0.2) is 11.9 Å². The Kier molecular flexibility index (Phi) is 3.11. The molecule has 0 radical (unpaired) electrons. The van der Waals surface area contributed by atoms with Crippen molar-refractivity contribution in [1.82, 2.24) is 5.32 Å². The molecule has 4 heteroatoms. The van der Waals surface area contributed by atoms with E-state index >= 15 is 0 Å². The summed E-state index contributed by atoms with van der Waals surface area (Å²) >= 11 is 5.58. The zero-order valence-corrected chi connectivity index (χ0v) is 11.1. The van der Waals surface area contributed by atoms with Crippen LogP contribution < -0.4 is 5.32 Å². The summed E-state index contributed by atoms with van der Waals surface area (Å²) in [6.07, 6.45) is 2.24. The highest BCUT2D eigenvalue weighted by molar-refractivity contribution is 14.1. The van der Waals surface area contributed by atoms with Gasteiger partial charge in [0.2, 0.25) is 0 Å². The van der Waals surface area contributed by atoms with Gasteiger partial charge in [0.1, 0.15) is 0 Å². The van der Waals surface area contributed by atoms with E-state index in [0.29, 0.717) is 6.04 Å². The number of benzene rings is 1. The third-order valence-corrected chi connectivity index (χ3v) is 3.12. The minimum Gasteiger partial charge on any atom is -0.349 e. The summed E-state index contributed by atoms with van der Waals surface area (Å²) in [7, 11) is 0. The highest BCUT2D eigenvalue weighted by Crippen LogP contribution is 2.21. The molecule has 0 spiro atoms. The molecule has 0 saturated heterocycles. The minimum absolute atomic E-state index is 0.0340. The first kappa shape index (κ1) is 10.4. The van der Waals surface area contributed by atoms with Gasteiger partial charge >= 0.3 is 0 Å². The average molecular weight is 366 g/mol. The Balaban J connectivity index is 2.17. The second kappa shape index (κ2) is 4.18. The lowest BCUT2D eigenvalue weighted by Crippen LogP contribution is -2.25. The van der Waals surface area contributed by atoms with E-state index in [1.54, 1.807) is 0 Å². The Morgan fingerprint density at radius 1 is 1.43 bits per heavy atom. The molecule has 1 amide bonds. The van der Waals surface area contributed by atoms with Crippen LogP contribution in [0.4, 0.5) is 0 Å². The summed E-state index contributed by atoms with van der Waals surface area (Å²) in [5, 5.41) is 2.96. The predicted molar refractivity (Wildman–Crippen MR) is 67.3 cm³/mol. The van der Waals surface area contributed by atoms with E-state index in [0.717, 1.165) is 26.4 Å². The Labute approximate surface area is 105 Å². The fourth-order valence-electron chi connectivity index (χ4n) is 1.18. The van der Waals surface area contributed by atoms with Crippen LogP contribution in [0.1, 0.15) is 23.2 Å². The quantitative estimate of drug-likeness (QED) is 0.802. The number of carbonyl (C=O) groups is 1. The van der Waals surface area contributed by atoms with Gasteiger partial charge in [-0.05, 0) is 53.6 Å². The standard InChI is InChI=1S/C10H9BrINO/c11-7-3-6(4-8(12)5-7)10(14)13-9-1-2-9/h3-5,9H,1-2H2,(H,13,14). The number of rotatable bonds is 2. The Morgan fingerprint density at radius 2 is 2.14 bits per heavy atom. The first-order valence-electron chi connectivity index (χ1n) is 4.42. The molecule has 0 heterocycles. The topological polar surface area (TPSA) is 29.1 Å². The average Bonchev–Trinajstić information content (AvgIpc) is 2.86. The number of carbonyl (C=O) groups excluding carboxylic acids is 1. The van der Waals surface area contributed by atoms with E-state index in [1.807, 2.05) is 18.2 Å². The normalized spacial score (nSPS) is 15.3. The van der Waals surface area contributed by atoms with Gasteiger partial charge in [0, 0.05) is 19.6 Å². The second-order valence-electron chi connectivity index (χ2n) is 3.41. The van der Waals surface area contributed by atoms with Crippen molar-refractivity contribution >= 4 is 44.4 Å². The van der Waals surface area contributed by atoms with Crippen molar-refractivity contribution in [2.24, 2.45) is 0 Å². The summed E-state index contributed by atoms with van der Waals surface area (Å²) < 4.78 is 2.02. The van der Waals surface area contributed by atoms with Gasteiger partial charge in [-0.15, -0.1) is 0 Å². The van der Waals surface area contributed by atoms with Crippen molar-refractivity contribution in [3.8, 4) is 0 Å². The van der Waals surface area contributed by atoms with E-state index in [-0.39, 0.29) is 5.91 Å². The monoisotopic (exact) mass is 365 g/mol. The molecule has 0 aliphatic heterocycles. The highest BCUT2D eigenvalue weighted by atomic mass is 127. The number of hydrogen-bond acceptors (Lipinski definition) is 1. The van der Waals surface area contributed by atoms with E-state index < -0.39 is 0 Å². The zero-order valence-electron chi connectivity index (χ0n) is 7.39. The lowest BCUT2D eigenvalue weighted by atomic mass is 10.2. The molecule has 1 fully saturated rings. The first-order valence-corrected chi connectivity index (χ1v) is 6.29. The van der Waals surface area contributed by atoms with Crippen LogP contribution in [0.5, 0.6) is 0 Å². The molecular weight excluding hydrogens is 357 g/mol. The molecule has 1 aliphatic carbocycles. The molecule has 1 N–H and O–H groups in total. The third kappa shape index (κ3) is 2.70. The van der Waals surface area contributed by atoms with Crippen LogP contribution in [-0.2, 0) is 0 Å². The van der Waals surface area contributed by atoms with Crippen LogP contribution in [0.25, 0.3) is 0 Å². The third-order valence-electron chi connectivity index (χ3n) is 2.04. The van der Waals surface area contributed by atoms with Crippen LogP contribution in [0.3, 0.4) is 0 Å². The van der Waals surface area contributed by atoms with Crippen molar-refractivity contribution < 1.29 is 4.79 Å². The molecule has 1 aromatic carbocycles. The minimum atomic E-state index is 0.0340. The van der Waals surface area contributed by atoms with Crippen LogP contribution >= 0.6 is 38.5 Å². The van der Waals surface area contributed by atoms with E-state index in [9.17, 15) is 4.79 Å². The molecule has 1 aromatic rings. The van der Waals surface area contributed by atoms with Crippen LogP contribution in [0.2, 0.25) is 0 Å². The lowest BCUT2D eigenvalue weighted by Gasteiger charge is -2.04. The largest absolute Gasteiger partial charge is 0.349 e. The van der Waals surface area contributed by atoms with Gasteiger partial charge in [0.25, 0.3) is 5.91 Å². The van der Waals surface area contributed by atoms with Gasteiger partial charge in [0.05, 0.1) is 0 Å². The van der Waals surface area contributed by atoms with Crippen molar-refractivity contribution in [3.63, 3.8) is 0 Å². The Morgan fingerprint density at radius 3 is 2.71 bits per heavy atom. The number of hydrogen-bond donors (Lipinski definition) is 1. The van der Waals surface area contributed by atoms with Crippen molar-refractivity contribution in [2.75, 3.05) is 0 Å². The molecule has 0 unspecified atom stereocenters. The number of amides is 1. The Bertz CT molecular complexity index is 356. The molecule has 0 aromatic heterocycles. The van der Waals surface area contributed by atoms with Gasteiger partial charge in [-0.3, -0.25) is 4.79 Å². The summed E-state index contributed by atoms with van der Waals surface area (Å²) in [4.78, 5) is 11.7. The molecule has 1 aliphatic rings. The zero-order chi connectivity index (χ0) is 10.1. The number of halogens is 2. The molecular formula is C10H9BrINO. The van der Waals surface area contributed by atoms with E-state index in [1.165, 1.54) is 0 Å². The molecule has 2 nitrogen and oxygen atoms in total. The van der Waals surface area contributed by atoms with Gasteiger partial charge in [0.15, 0.2) is 0 Å². The SMILES string of the molecule is O=C(NC1CC1)c1cc(Br)cc(I)c1. The molecule has 14 heavy (non-hydrogen) atoms. The highest BCUT2D eigenvalue weighted by Gasteiger charge is 2.23. The van der Waals surface area contributed by atoms with E-state index in [4.69, 9.17) is 0 Å². The molecule has 74 valence electrons. The first-order chi connectivity index (χ1) is 6.65. The Hall–Kier alpha value is -0.100. The van der Waals surface area contributed by atoms with Crippen LogP contribution in [0, 0.1) is 3.57 Å². The molecule has 1 saturated carbocycles. The van der Waals surface area contributed by atoms with Crippen LogP contribution in [0.15, 0.2) is 22.7 Å². The van der Waals surface area contributed by atoms with Crippen molar-refractivity contribution in [3.05, 3.63) is 31.8 Å². The van der Waals surface area contributed by atoms with Gasteiger partial charge in [-0.25, -0.2) is 0 Å². The number of nitrogens with one attached hydrogen (secondary N) is 1. The van der Waals surface area contributed by atoms with Gasteiger partial charge in [-0.1, -0.05) is 15.9 Å². The maximum Gasteiger partial charge on any atom is 0.251 e. The maximum atomic E-state index is 11.7. The van der Waals surface area contributed by atoms with E-state index in [2.05, 4.69) is 43.8 Å². The van der Waals surface area contributed by atoms with Gasteiger partial charge < -0.3 is 5.32 Å². The summed E-state index contributed by atoms with van der Waals surface area (Å²) in [6, 6.07) is 6.14. The summed E-state index contributed by atoms with van der Waals surface area (Å²) in [6.45, 7) is 0. The molecule has 2 rings (SSSR count). The summed E-state index contributed by atoms with van der Waals surface area (Å²) in [5.41, 5.74) is 0.732. The van der Waals surface area contributed by atoms with Crippen molar-refractivity contribution in [1.29, 1.82) is 0 Å². The fourth-order valence-corrected chi connectivity index (χ4v) is 2.77. The molecule has 0 bridgehead atoms. The van der Waals surface area contributed by atoms with Gasteiger partial charge in [-0.2, -0.15) is 0 Å². The molecule has 0 atom stereocenters. The predicted octanol–water partition coefficient (Wildman–Crippen LogP) is 2.95. The lowest BCUT2D eigenvalue weighted by molar-refractivity contribution is 0.0951. The summed E-state index contributed by atoms with van der Waals surface area (Å²) in [5.74, 6) is 0.0340. The fraction of sp³-hybridized carbons (Fsp3) is 0.300. The second-order valence-corrected chi connectivity index (χ2v) is 5.57. The van der Waals surface area contributed by atoms with Crippen molar-refractivity contribution in [2.45, 2.75) is 18.9 Å². The maximum absolute atomic E-state index is 11.7.